The number of carbonyl (C=O) groups is 1. The van der Waals surface area contributed by atoms with Gasteiger partial charge in [0.25, 0.3) is 0 Å². The summed E-state index contributed by atoms with van der Waals surface area (Å²) in [5.41, 5.74) is 0.982. The van der Waals surface area contributed by atoms with Gasteiger partial charge in [0.2, 0.25) is 5.91 Å². The van der Waals surface area contributed by atoms with Crippen LogP contribution in [0.3, 0.4) is 0 Å². The van der Waals surface area contributed by atoms with E-state index in [0.717, 1.165) is 38.1 Å². The lowest BCUT2D eigenvalue weighted by Crippen LogP contribution is -2.45. The van der Waals surface area contributed by atoms with Gasteiger partial charge in [0.05, 0.1) is 6.10 Å². The molecule has 1 amide bonds. The number of hydrogen-bond donors (Lipinski definition) is 1. The van der Waals surface area contributed by atoms with Crippen LogP contribution in [-0.4, -0.2) is 41.7 Å². The molecule has 0 bridgehead atoms. The van der Waals surface area contributed by atoms with Crippen molar-refractivity contribution in [1.29, 1.82) is 0 Å². The minimum Gasteiger partial charge on any atom is -0.376 e. The molecule has 1 fully saturated rings. The SMILES string of the molecule is CCN(CC1CCCO1)C(=S)NC(=O)/C=C/c1ccccc1. The number of hydrogen-bond acceptors (Lipinski definition) is 3. The number of nitrogens with zero attached hydrogens (tertiary/aromatic N) is 1. The van der Waals surface area contributed by atoms with Gasteiger partial charge in [-0.1, -0.05) is 30.3 Å². The highest BCUT2D eigenvalue weighted by molar-refractivity contribution is 7.80. The molecule has 1 atom stereocenters. The number of carbonyl (C=O) groups excluding carboxylic acids is 1. The number of likely N-dealkylation sites (N-methyl/N-ethyl adjacent to an activating group) is 1. The number of nitrogens with one attached hydrogen (secondary N) is 1. The first-order valence-electron chi connectivity index (χ1n) is 7.63. The fraction of sp³-hybridized carbons (Fsp3) is 0.412. The van der Waals surface area contributed by atoms with Crippen LogP contribution in [0.25, 0.3) is 6.08 Å². The molecule has 5 heteroatoms. The summed E-state index contributed by atoms with van der Waals surface area (Å²) in [7, 11) is 0. The lowest BCUT2D eigenvalue weighted by molar-refractivity contribution is -0.115. The third-order valence-electron chi connectivity index (χ3n) is 3.57. The minimum absolute atomic E-state index is 0.209. The van der Waals surface area contributed by atoms with Crippen LogP contribution in [0.15, 0.2) is 36.4 Å². The average Bonchev–Trinajstić information content (AvgIpc) is 3.04. The first kappa shape index (κ1) is 16.6. The van der Waals surface area contributed by atoms with Crippen molar-refractivity contribution in [2.24, 2.45) is 0 Å². The predicted molar refractivity (Wildman–Crippen MR) is 92.4 cm³/mol. The summed E-state index contributed by atoms with van der Waals surface area (Å²) in [4.78, 5) is 13.9. The van der Waals surface area contributed by atoms with Crippen LogP contribution in [0.2, 0.25) is 0 Å². The molecule has 0 aliphatic carbocycles. The van der Waals surface area contributed by atoms with Crippen molar-refractivity contribution in [3.8, 4) is 0 Å². The molecule has 0 saturated carbocycles. The van der Waals surface area contributed by atoms with Gasteiger partial charge in [-0.05, 0) is 43.6 Å². The van der Waals surface area contributed by atoms with Crippen molar-refractivity contribution in [3.63, 3.8) is 0 Å². The fourth-order valence-corrected chi connectivity index (χ4v) is 2.66. The Morgan fingerprint density at radius 1 is 1.45 bits per heavy atom. The zero-order valence-electron chi connectivity index (χ0n) is 12.8. The summed E-state index contributed by atoms with van der Waals surface area (Å²) in [6.07, 6.45) is 5.65. The summed E-state index contributed by atoms with van der Waals surface area (Å²) in [6, 6.07) is 9.69. The van der Waals surface area contributed by atoms with E-state index in [2.05, 4.69) is 5.32 Å². The van der Waals surface area contributed by atoms with Crippen molar-refractivity contribution < 1.29 is 9.53 Å². The Morgan fingerprint density at radius 3 is 2.86 bits per heavy atom. The number of benzene rings is 1. The van der Waals surface area contributed by atoms with E-state index in [-0.39, 0.29) is 12.0 Å². The average molecular weight is 318 g/mol. The zero-order valence-corrected chi connectivity index (χ0v) is 13.6. The van der Waals surface area contributed by atoms with Crippen molar-refractivity contribution >= 4 is 29.3 Å². The van der Waals surface area contributed by atoms with Crippen LogP contribution >= 0.6 is 12.2 Å². The van der Waals surface area contributed by atoms with Gasteiger partial charge in [-0.25, -0.2) is 0 Å². The monoisotopic (exact) mass is 318 g/mol. The minimum atomic E-state index is -0.209. The van der Waals surface area contributed by atoms with Crippen LogP contribution in [-0.2, 0) is 9.53 Å². The summed E-state index contributed by atoms with van der Waals surface area (Å²) in [5.74, 6) is -0.209. The van der Waals surface area contributed by atoms with Gasteiger partial charge in [-0.2, -0.15) is 0 Å². The van der Waals surface area contributed by atoms with Gasteiger partial charge in [0.1, 0.15) is 0 Å². The molecular weight excluding hydrogens is 296 g/mol. The van der Waals surface area contributed by atoms with Gasteiger partial charge in [-0.3, -0.25) is 10.1 Å². The number of rotatable bonds is 5. The van der Waals surface area contributed by atoms with E-state index in [9.17, 15) is 4.79 Å². The smallest absolute Gasteiger partial charge is 0.250 e. The molecule has 1 heterocycles. The topological polar surface area (TPSA) is 41.6 Å². The molecule has 1 N–H and O–H groups in total. The Balaban J connectivity index is 1.83. The van der Waals surface area contributed by atoms with Crippen LogP contribution in [0.5, 0.6) is 0 Å². The van der Waals surface area contributed by atoms with E-state index in [1.807, 2.05) is 42.2 Å². The standard InChI is InChI=1S/C17H22N2O2S/c1-2-19(13-15-9-6-12-21-15)17(22)18-16(20)11-10-14-7-4-3-5-8-14/h3-5,7-8,10-11,15H,2,6,9,12-13H2,1H3,(H,18,20,22)/b11-10+. The number of thiocarbonyl (C=S) groups is 1. The second-order valence-corrected chi connectivity index (χ2v) is 5.60. The summed E-state index contributed by atoms with van der Waals surface area (Å²) >= 11 is 5.32. The third-order valence-corrected chi connectivity index (χ3v) is 3.93. The molecule has 118 valence electrons. The molecule has 0 spiro atoms. The first-order chi connectivity index (χ1) is 10.7. The van der Waals surface area contributed by atoms with Crippen molar-refractivity contribution in [3.05, 3.63) is 42.0 Å². The summed E-state index contributed by atoms with van der Waals surface area (Å²) in [6.45, 7) is 4.33. The quantitative estimate of drug-likeness (QED) is 0.669. The van der Waals surface area contributed by atoms with E-state index in [1.165, 1.54) is 6.08 Å². The van der Waals surface area contributed by atoms with E-state index in [0.29, 0.717) is 5.11 Å². The maximum Gasteiger partial charge on any atom is 0.250 e. The van der Waals surface area contributed by atoms with Gasteiger partial charge < -0.3 is 9.64 Å². The highest BCUT2D eigenvalue weighted by Gasteiger charge is 2.20. The number of amides is 1. The molecule has 1 aliphatic rings. The Hall–Kier alpha value is -1.72. The Morgan fingerprint density at radius 2 is 2.23 bits per heavy atom. The van der Waals surface area contributed by atoms with Crippen molar-refractivity contribution in [1.82, 2.24) is 10.2 Å². The molecule has 1 aromatic rings. The van der Waals surface area contributed by atoms with Gasteiger partial charge >= 0.3 is 0 Å². The Labute approximate surface area is 137 Å². The third kappa shape index (κ3) is 5.24. The van der Waals surface area contributed by atoms with E-state index in [1.54, 1.807) is 6.08 Å². The molecule has 2 rings (SSSR count). The van der Waals surface area contributed by atoms with Crippen LogP contribution in [0, 0.1) is 0 Å². The maximum absolute atomic E-state index is 11.9. The van der Waals surface area contributed by atoms with E-state index >= 15 is 0 Å². The van der Waals surface area contributed by atoms with E-state index < -0.39 is 0 Å². The molecule has 0 aromatic heterocycles. The summed E-state index contributed by atoms with van der Waals surface area (Å²) < 4.78 is 5.62. The van der Waals surface area contributed by atoms with Crippen molar-refractivity contribution in [2.45, 2.75) is 25.9 Å². The molecular formula is C17H22N2O2S. The summed E-state index contributed by atoms with van der Waals surface area (Å²) in [5, 5.41) is 3.21. The Kier molecular flexibility index (Phi) is 6.55. The zero-order chi connectivity index (χ0) is 15.8. The number of ether oxygens (including phenoxy) is 1. The highest BCUT2D eigenvalue weighted by atomic mass is 32.1. The fourth-order valence-electron chi connectivity index (χ4n) is 2.35. The maximum atomic E-state index is 11.9. The van der Waals surface area contributed by atoms with Crippen LogP contribution < -0.4 is 5.32 Å². The lowest BCUT2D eigenvalue weighted by Gasteiger charge is -2.26. The van der Waals surface area contributed by atoms with Gasteiger partial charge in [0, 0.05) is 25.8 Å². The molecule has 1 aliphatic heterocycles. The predicted octanol–water partition coefficient (Wildman–Crippen LogP) is 2.60. The highest BCUT2D eigenvalue weighted by Crippen LogP contribution is 2.13. The normalized spacial score (nSPS) is 17.6. The molecule has 4 nitrogen and oxygen atoms in total. The first-order valence-corrected chi connectivity index (χ1v) is 8.04. The van der Waals surface area contributed by atoms with E-state index in [4.69, 9.17) is 17.0 Å². The lowest BCUT2D eigenvalue weighted by atomic mass is 10.2. The second kappa shape index (κ2) is 8.66. The van der Waals surface area contributed by atoms with Crippen LogP contribution in [0.1, 0.15) is 25.3 Å². The van der Waals surface area contributed by atoms with Gasteiger partial charge in [0.15, 0.2) is 5.11 Å². The largest absolute Gasteiger partial charge is 0.376 e. The van der Waals surface area contributed by atoms with Crippen LogP contribution in [0.4, 0.5) is 0 Å². The Bertz CT molecular complexity index is 525. The van der Waals surface area contributed by atoms with Gasteiger partial charge in [-0.15, -0.1) is 0 Å². The second-order valence-electron chi connectivity index (χ2n) is 5.21. The van der Waals surface area contributed by atoms with Crippen molar-refractivity contribution in [2.75, 3.05) is 19.7 Å². The molecule has 0 radical (unpaired) electrons. The molecule has 1 unspecified atom stereocenters. The molecule has 1 saturated heterocycles. The molecule has 22 heavy (non-hydrogen) atoms. The molecule has 1 aromatic carbocycles.